The molecule has 2 aromatic heterocycles. The zero-order valence-electron chi connectivity index (χ0n) is 8.72. The molecule has 1 N–H and O–H groups in total. The highest BCUT2D eigenvalue weighted by Gasteiger charge is 2.06. The third-order valence-electron chi connectivity index (χ3n) is 2.51. The van der Waals surface area contributed by atoms with Crippen LogP contribution < -0.4 is 5.43 Å². The van der Waals surface area contributed by atoms with E-state index in [0.29, 0.717) is 10.7 Å². The Morgan fingerprint density at radius 3 is 2.94 bits per heavy atom. The van der Waals surface area contributed by atoms with Crippen LogP contribution in [-0.4, -0.2) is 14.6 Å². The number of hydrogen-bond acceptors (Lipinski definition) is 2. The Hall–Kier alpha value is -2.07. The van der Waals surface area contributed by atoms with Crippen molar-refractivity contribution in [1.29, 1.82) is 0 Å². The van der Waals surface area contributed by atoms with Gasteiger partial charge in [-0.15, -0.1) is 0 Å². The summed E-state index contributed by atoms with van der Waals surface area (Å²) in [5.74, 6) is 0.725. The normalized spacial score (nSPS) is 10.9. The minimum Gasteiger partial charge on any atom is -0.290 e. The zero-order valence-corrected chi connectivity index (χ0v) is 9.48. The third kappa shape index (κ3) is 1.72. The Bertz CT molecular complexity index is 745. The summed E-state index contributed by atoms with van der Waals surface area (Å²) >= 11 is 5.94. The van der Waals surface area contributed by atoms with E-state index in [1.165, 1.54) is 12.1 Å². The van der Waals surface area contributed by atoms with Crippen LogP contribution in [0, 0.1) is 0 Å². The maximum atomic E-state index is 11.2. The monoisotopic (exact) mass is 245 g/mol. The van der Waals surface area contributed by atoms with Crippen LogP contribution in [0.3, 0.4) is 0 Å². The average molecular weight is 246 g/mol. The van der Waals surface area contributed by atoms with Crippen LogP contribution in [-0.2, 0) is 0 Å². The van der Waals surface area contributed by atoms with E-state index in [9.17, 15) is 4.79 Å². The molecule has 5 heteroatoms. The first-order chi connectivity index (χ1) is 8.24. The van der Waals surface area contributed by atoms with Crippen molar-refractivity contribution in [3.05, 3.63) is 57.8 Å². The van der Waals surface area contributed by atoms with Gasteiger partial charge in [0.2, 0.25) is 0 Å². The minimum absolute atomic E-state index is 0.0497. The second-order valence-electron chi connectivity index (χ2n) is 3.68. The van der Waals surface area contributed by atoms with E-state index in [1.807, 2.05) is 22.6 Å². The molecule has 0 saturated carbocycles. The number of pyridine rings is 1. The number of rotatable bonds is 1. The Labute approximate surface area is 101 Å². The van der Waals surface area contributed by atoms with Gasteiger partial charge in [-0.3, -0.25) is 14.3 Å². The molecule has 3 rings (SSSR count). The minimum atomic E-state index is -0.0497. The molecular formula is C12H8ClN3O. The summed E-state index contributed by atoms with van der Waals surface area (Å²) in [6.45, 7) is 0. The molecule has 0 unspecified atom stereocenters. The van der Waals surface area contributed by atoms with E-state index in [4.69, 9.17) is 11.6 Å². The lowest BCUT2D eigenvalue weighted by Gasteiger charge is -1.99. The highest BCUT2D eigenvalue weighted by Crippen LogP contribution is 2.20. The Balaban J connectivity index is 2.28. The second-order valence-corrected chi connectivity index (χ2v) is 4.11. The van der Waals surface area contributed by atoms with Crippen LogP contribution in [0.4, 0.5) is 0 Å². The SMILES string of the molecule is O=c1ccn2c(-c3cccc(Cl)c3)n[nH]c2c1. The first-order valence-corrected chi connectivity index (χ1v) is 5.44. The molecule has 0 amide bonds. The predicted molar refractivity (Wildman–Crippen MR) is 66.3 cm³/mol. The summed E-state index contributed by atoms with van der Waals surface area (Å²) in [7, 11) is 0. The van der Waals surface area contributed by atoms with E-state index in [2.05, 4.69) is 10.2 Å². The molecule has 0 atom stereocenters. The number of benzene rings is 1. The van der Waals surface area contributed by atoms with E-state index in [1.54, 1.807) is 12.3 Å². The van der Waals surface area contributed by atoms with Crippen molar-refractivity contribution >= 4 is 17.2 Å². The summed E-state index contributed by atoms with van der Waals surface area (Å²) < 4.78 is 1.81. The molecule has 84 valence electrons. The van der Waals surface area contributed by atoms with Gasteiger partial charge in [0.1, 0.15) is 5.65 Å². The Morgan fingerprint density at radius 1 is 1.24 bits per heavy atom. The first-order valence-electron chi connectivity index (χ1n) is 5.07. The molecule has 4 nitrogen and oxygen atoms in total. The molecule has 0 radical (unpaired) electrons. The van der Waals surface area contributed by atoms with Crippen molar-refractivity contribution in [1.82, 2.24) is 14.6 Å². The topological polar surface area (TPSA) is 50.2 Å². The van der Waals surface area contributed by atoms with Crippen molar-refractivity contribution in [2.45, 2.75) is 0 Å². The van der Waals surface area contributed by atoms with Crippen molar-refractivity contribution in [2.24, 2.45) is 0 Å². The van der Waals surface area contributed by atoms with Crippen LogP contribution in [0.2, 0.25) is 5.02 Å². The van der Waals surface area contributed by atoms with Crippen LogP contribution in [0.1, 0.15) is 0 Å². The summed E-state index contributed by atoms with van der Waals surface area (Å²) in [5, 5.41) is 7.66. The van der Waals surface area contributed by atoms with Gasteiger partial charge in [0, 0.05) is 28.9 Å². The van der Waals surface area contributed by atoms with E-state index in [0.717, 1.165) is 11.4 Å². The molecule has 1 aromatic carbocycles. The largest absolute Gasteiger partial charge is 0.290 e. The number of aromatic nitrogens is 3. The first kappa shape index (κ1) is 10.1. The van der Waals surface area contributed by atoms with Crippen LogP contribution in [0.25, 0.3) is 17.0 Å². The smallest absolute Gasteiger partial charge is 0.183 e. The lowest BCUT2D eigenvalue weighted by Crippen LogP contribution is -1.99. The second kappa shape index (κ2) is 3.75. The number of nitrogens with one attached hydrogen (secondary N) is 1. The van der Waals surface area contributed by atoms with Crippen molar-refractivity contribution < 1.29 is 0 Å². The molecule has 0 aliphatic heterocycles. The molecule has 0 aliphatic rings. The van der Waals surface area contributed by atoms with Gasteiger partial charge in [-0.05, 0) is 12.1 Å². The lowest BCUT2D eigenvalue weighted by molar-refractivity contribution is 1.11. The standard InChI is InChI=1S/C12H8ClN3O/c13-9-3-1-2-8(6-9)12-15-14-11-7-10(17)4-5-16(11)12/h1-7,14H. The highest BCUT2D eigenvalue weighted by molar-refractivity contribution is 6.30. The van der Waals surface area contributed by atoms with Crippen molar-refractivity contribution in [2.75, 3.05) is 0 Å². The van der Waals surface area contributed by atoms with E-state index < -0.39 is 0 Å². The molecule has 2 heterocycles. The fraction of sp³-hybridized carbons (Fsp3) is 0. The summed E-state index contributed by atoms with van der Waals surface area (Å²) in [4.78, 5) is 11.2. The maximum Gasteiger partial charge on any atom is 0.183 e. The fourth-order valence-electron chi connectivity index (χ4n) is 1.75. The predicted octanol–water partition coefficient (Wildman–Crippen LogP) is 2.34. The zero-order chi connectivity index (χ0) is 11.8. The number of H-pyrrole nitrogens is 1. The Morgan fingerprint density at radius 2 is 2.12 bits per heavy atom. The van der Waals surface area contributed by atoms with Gasteiger partial charge < -0.3 is 0 Å². The summed E-state index contributed by atoms with van der Waals surface area (Å²) in [6, 6.07) is 10.4. The fourth-order valence-corrected chi connectivity index (χ4v) is 1.94. The van der Waals surface area contributed by atoms with Gasteiger partial charge in [-0.2, -0.15) is 5.10 Å². The van der Waals surface area contributed by atoms with Crippen LogP contribution >= 0.6 is 11.6 Å². The molecular weight excluding hydrogens is 238 g/mol. The summed E-state index contributed by atoms with van der Waals surface area (Å²) in [6.07, 6.45) is 1.69. The molecule has 0 bridgehead atoms. The van der Waals surface area contributed by atoms with Gasteiger partial charge >= 0.3 is 0 Å². The molecule has 0 aliphatic carbocycles. The number of halogens is 1. The third-order valence-corrected chi connectivity index (χ3v) is 2.75. The van der Waals surface area contributed by atoms with Crippen LogP contribution in [0.5, 0.6) is 0 Å². The van der Waals surface area contributed by atoms with Crippen LogP contribution in [0.15, 0.2) is 47.4 Å². The van der Waals surface area contributed by atoms with Crippen molar-refractivity contribution in [3.63, 3.8) is 0 Å². The summed E-state index contributed by atoms with van der Waals surface area (Å²) in [5.41, 5.74) is 1.51. The Kier molecular flexibility index (Phi) is 2.23. The van der Waals surface area contributed by atoms with Crippen molar-refractivity contribution in [3.8, 4) is 11.4 Å². The molecule has 17 heavy (non-hydrogen) atoms. The van der Waals surface area contributed by atoms with Gasteiger partial charge in [-0.25, -0.2) is 0 Å². The van der Waals surface area contributed by atoms with Gasteiger partial charge in [0.15, 0.2) is 11.3 Å². The number of nitrogens with zero attached hydrogens (tertiary/aromatic N) is 2. The molecule has 3 aromatic rings. The quantitative estimate of drug-likeness (QED) is 0.715. The average Bonchev–Trinajstić information content (AvgIpc) is 2.71. The molecule has 0 saturated heterocycles. The highest BCUT2D eigenvalue weighted by atomic mass is 35.5. The van der Waals surface area contributed by atoms with E-state index >= 15 is 0 Å². The van der Waals surface area contributed by atoms with Gasteiger partial charge in [0.25, 0.3) is 0 Å². The lowest BCUT2D eigenvalue weighted by atomic mass is 10.2. The number of hydrogen-bond donors (Lipinski definition) is 1. The number of aromatic amines is 1. The van der Waals surface area contributed by atoms with Gasteiger partial charge in [-0.1, -0.05) is 23.7 Å². The maximum absolute atomic E-state index is 11.2. The molecule has 0 fully saturated rings. The van der Waals surface area contributed by atoms with E-state index in [-0.39, 0.29) is 5.43 Å². The molecule has 0 spiro atoms. The number of fused-ring (bicyclic) bond motifs is 1. The van der Waals surface area contributed by atoms with Gasteiger partial charge in [0.05, 0.1) is 0 Å².